The number of carbonyl (C=O) groups is 4. The van der Waals surface area contributed by atoms with Crippen molar-refractivity contribution in [2.75, 3.05) is 0 Å². The molecule has 0 aliphatic heterocycles. The number of aliphatic carboxylic acids is 4. The molecule has 0 fully saturated rings. The Bertz CT molecular complexity index is 329. The molecular weight excluding hydrogens is 274 g/mol. The maximum Gasteiger partial charge on any atom is 1.00 e. The van der Waals surface area contributed by atoms with Crippen LogP contribution in [0.3, 0.4) is 0 Å². The van der Waals surface area contributed by atoms with Gasteiger partial charge in [-0.05, 0) is 0 Å². The molecule has 0 saturated carbocycles. The molecule has 10 nitrogen and oxygen atoms in total. The van der Waals surface area contributed by atoms with Crippen LogP contribution >= 0.6 is 0 Å². The minimum absolute atomic E-state index is 0. The Morgan fingerprint density at radius 1 is 0.667 bits per heavy atom. The van der Waals surface area contributed by atoms with Crippen LogP contribution in [0.4, 0.5) is 0 Å². The van der Waals surface area contributed by atoms with Crippen LogP contribution in [0.25, 0.3) is 0 Å². The van der Waals surface area contributed by atoms with Crippen molar-refractivity contribution in [2.24, 2.45) is 11.5 Å². The van der Waals surface area contributed by atoms with Crippen LogP contribution in [0.5, 0.6) is 0 Å². The van der Waals surface area contributed by atoms with Gasteiger partial charge in [-0.15, -0.1) is 0 Å². The third-order valence-electron chi connectivity index (χ3n) is 1.97. The van der Waals surface area contributed by atoms with Crippen LogP contribution in [0, 0.1) is 0 Å². The average molecular weight is 284 g/mol. The number of rotatable bonds is 5. The van der Waals surface area contributed by atoms with Gasteiger partial charge in [-0.1, -0.05) is 0 Å². The molecule has 0 aromatic carbocycles. The van der Waals surface area contributed by atoms with E-state index in [4.69, 9.17) is 31.9 Å². The van der Waals surface area contributed by atoms with Gasteiger partial charge in [0.05, 0.1) is 0 Å². The summed E-state index contributed by atoms with van der Waals surface area (Å²) in [7, 11) is 0. The summed E-state index contributed by atoms with van der Waals surface area (Å²) >= 11 is 0. The molecule has 0 heterocycles. The van der Waals surface area contributed by atoms with Crippen LogP contribution < -0.4 is 70.6 Å². The van der Waals surface area contributed by atoms with Crippen LogP contribution in [0.1, 0.15) is 2.85 Å². The molecule has 0 aromatic rings. The Morgan fingerprint density at radius 2 is 0.778 bits per heavy atom. The predicted octanol–water partition coefficient (Wildman–Crippen LogP) is -9.05. The SMILES string of the molecule is NC(C(=O)O)(C(=O)O)C(N)(C(=O)O)C(=O)O.[H-].[H-].[Na+].[Na+]. The van der Waals surface area contributed by atoms with Crippen LogP contribution in [-0.4, -0.2) is 55.4 Å². The van der Waals surface area contributed by atoms with Crippen molar-refractivity contribution in [3.05, 3.63) is 0 Å². The molecule has 8 N–H and O–H groups in total. The summed E-state index contributed by atoms with van der Waals surface area (Å²) in [6.07, 6.45) is 0. The summed E-state index contributed by atoms with van der Waals surface area (Å²) in [5.41, 5.74) is 2.18. The van der Waals surface area contributed by atoms with E-state index >= 15 is 0 Å². The third kappa shape index (κ3) is 3.22. The van der Waals surface area contributed by atoms with Gasteiger partial charge in [0, 0.05) is 0 Å². The van der Waals surface area contributed by atoms with E-state index in [1.165, 1.54) is 0 Å². The van der Waals surface area contributed by atoms with Gasteiger partial charge in [0.1, 0.15) is 0 Å². The van der Waals surface area contributed by atoms with E-state index in [1.807, 2.05) is 0 Å². The smallest absolute Gasteiger partial charge is 1.00 e. The van der Waals surface area contributed by atoms with Crippen LogP contribution in [0.2, 0.25) is 0 Å². The van der Waals surface area contributed by atoms with Gasteiger partial charge in [-0.3, -0.25) is 0 Å². The Kier molecular flexibility index (Phi) is 9.43. The minimum atomic E-state index is -3.69. The number of hydrogen-bond acceptors (Lipinski definition) is 6. The molecule has 0 amide bonds. The van der Waals surface area contributed by atoms with Crippen molar-refractivity contribution in [1.82, 2.24) is 0 Å². The Morgan fingerprint density at radius 3 is 0.833 bits per heavy atom. The zero-order chi connectivity index (χ0) is 13.3. The Labute approximate surface area is 147 Å². The average Bonchev–Trinajstić information content (AvgIpc) is 2.13. The number of hydrogen-bond donors (Lipinski definition) is 6. The zero-order valence-electron chi connectivity index (χ0n) is 11.6. The van der Waals surface area contributed by atoms with Gasteiger partial charge in [-0.25, -0.2) is 19.2 Å². The van der Waals surface area contributed by atoms with Gasteiger partial charge in [-0.2, -0.15) is 0 Å². The first-order chi connectivity index (χ1) is 7.02. The van der Waals surface area contributed by atoms with Crippen molar-refractivity contribution in [2.45, 2.75) is 11.1 Å². The molecule has 0 radical (unpaired) electrons. The van der Waals surface area contributed by atoms with Crippen LogP contribution in [-0.2, 0) is 19.2 Å². The van der Waals surface area contributed by atoms with Gasteiger partial charge in [0.2, 0.25) is 0 Å². The predicted molar refractivity (Wildman–Crippen MR) is 46.6 cm³/mol. The Hall–Kier alpha value is -0.200. The maximum absolute atomic E-state index is 10.6. The summed E-state index contributed by atoms with van der Waals surface area (Å²) in [6, 6.07) is 0. The topological polar surface area (TPSA) is 201 Å². The standard InChI is InChI=1S/C6H8N2O8.2Na.2H/c7-5(1(9)10,2(11)12)6(8,3(13)14)4(15)16;;;;/h7-8H2,(H,9,10)(H,11,12)(H,13,14)(H,15,16);;;;/q;2*+1;2*-1. The van der Waals surface area contributed by atoms with E-state index in [9.17, 15) is 19.2 Å². The number of carboxylic acid groups (broad SMARTS) is 4. The largest absolute Gasteiger partial charge is 1.00 e. The van der Waals surface area contributed by atoms with E-state index in [-0.39, 0.29) is 62.0 Å². The first-order valence-electron chi connectivity index (χ1n) is 3.54. The molecule has 0 atom stereocenters. The number of nitrogens with two attached hydrogens (primary N) is 2. The van der Waals surface area contributed by atoms with Gasteiger partial charge >= 0.3 is 83.0 Å². The molecule has 12 heteroatoms. The zero-order valence-corrected chi connectivity index (χ0v) is 13.6. The summed E-state index contributed by atoms with van der Waals surface area (Å²) in [5, 5.41) is 34.1. The van der Waals surface area contributed by atoms with Crippen molar-refractivity contribution < 1.29 is 102 Å². The summed E-state index contributed by atoms with van der Waals surface area (Å²) in [6.45, 7) is 0. The fraction of sp³-hybridized carbons (Fsp3) is 0.333. The third-order valence-corrected chi connectivity index (χ3v) is 1.97. The molecule has 0 aliphatic carbocycles. The quantitative estimate of drug-likeness (QED) is 0.208. The normalized spacial score (nSPS) is 10.6. The fourth-order valence-electron chi connectivity index (χ4n) is 0.858. The monoisotopic (exact) mass is 284 g/mol. The molecule has 0 bridgehead atoms. The summed E-state index contributed by atoms with van der Waals surface area (Å²) in [5.74, 6) is -9.53. The van der Waals surface area contributed by atoms with Crippen molar-refractivity contribution in [1.29, 1.82) is 0 Å². The van der Waals surface area contributed by atoms with E-state index in [0.29, 0.717) is 0 Å². The molecule has 0 spiro atoms. The van der Waals surface area contributed by atoms with E-state index in [2.05, 4.69) is 0 Å². The van der Waals surface area contributed by atoms with E-state index < -0.39 is 35.0 Å². The van der Waals surface area contributed by atoms with Gasteiger partial charge in [0.15, 0.2) is 0 Å². The molecule has 0 rings (SSSR count). The van der Waals surface area contributed by atoms with E-state index in [1.54, 1.807) is 0 Å². The second-order valence-electron chi connectivity index (χ2n) is 2.84. The first-order valence-corrected chi connectivity index (χ1v) is 3.54. The molecular formula is C6H10N2Na2O8. The molecule has 0 aromatic heterocycles. The summed E-state index contributed by atoms with van der Waals surface area (Å²) in [4.78, 5) is 42.4. The van der Waals surface area contributed by atoms with Gasteiger partial charge in [0.25, 0.3) is 11.1 Å². The summed E-state index contributed by atoms with van der Waals surface area (Å²) < 4.78 is 0. The molecule has 0 saturated heterocycles. The number of carboxylic acids is 4. The second-order valence-corrected chi connectivity index (χ2v) is 2.84. The minimum Gasteiger partial charge on any atom is -1.00 e. The fourth-order valence-corrected chi connectivity index (χ4v) is 0.858. The van der Waals surface area contributed by atoms with Gasteiger partial charge < -0.3 is 34.7 Å². The Balaban J connectivity index is -0.000000187. The first kappa shape index (κ1) is 22.9. The molecule has 0 aliphatic rings. The maximum atomic E-state index is 10.6. The molecule has 0 unspecified atom stereocenters. The van der Waals surface area contributed by atoms with Crippen molar-refractivity contribution >= 4 is 23.9 Å². The molecule has 94 valence electrons. The van der Waals surface area contributed by atoms with E-state index in [0.717, 1.165) is 0 Å². The second kappa shape index (κ2) is 7.40. The molecule has 18 heavy (non-hydrogen) atoms. The van der Waals surface area contributed by atoms with Crippen molar-refractivity contribution in [3.63, 3.8) is 0 Å². The van der Waals surface area contributed by atoms with Crippen LogP contribution in [0.15, 0.2) is 0 Å². The van der Waals surface area contributed by atoms with Crippen molar-refractivity contribution in [3.8, 4) is 0 Å².